The SMILES string of the molecule is C[C@H](NC(=O)Cc1ccccc1)C(=O)O[C@H](C)C(=O)O. The number of hydrogen-bond acceptors (Lipinski definition) is 4. The normalized spacial score (nSPS) is 13.1. The monoisotopic (exact) mass is 279 g/mol. The van der Waals surface area contributed by atoms with Gasteiger partial charge in [-0.05, 0) is 19.4 Å². The number of carboxylic acid groups (broad SMARTS) is 1. The predicted molar refractivity (Wildman–Crippen MR) is 70.9 cm³/mol. The van der Waals surface area contributed by atoms with Gasteiger partial charge < -0.3 is 15.2 Å². The third-order valence-electron chi connectivity index (χ3n) is 2.58. The molecule has 0 aliphatic heterocycles. The van der Waals surface area contributed by atoms with E-state index in [0.717, 1.165) is 5.56 Å². The average Bonchev–Trinajstić information content (AvgIpc) is 2.39. The van der Waals surface area contributed by atoms with Crippen molar-refractivity contribution in [2.24, 2.45) is 0 Å². The number of rotatable bonds is 6. The van der Waals surface area contributed by atoms with Crippen LogP contribution in [-0.4, -0.2) is 35.1 Å². The van der Waals surface area contributed by atoms with Crippen LogP contribution in [0.2, 0.25) is 0 Å². The van der Waals surface area contributed by atoms with Crippen molar-refractivity contribution in [3.63, 3.8) is 0 Å². The number of esters is 1. The zero-order chi connectivity index (χ0) is 15.1. The lowest BCUT2D eigenvalue weighted by Crippen LogP contribution is -2.42. The van der Waals surface area contributed by atoms with Crippen LogP contribution in [0, 0.1) is 0 Å². The van der Waals surface area contributed by atoms with E-state index in [1.807, 2.05) is 18.2 Å². The molecule has 0 saturated heterocycles. The van der Waals surface area contributed by atoms with E-state index < -0.39 is 24.1 Å². The van der Waals surface area contributed by atoms with Crippen molar-refractivity contribution in [1.29, 1.82) is 0 Å². The highest BCUT2D eigenvalue weighted by Gasteiger charge is 2.22. The highest BCUT2D eigenvalue weighted by Crippen LogP contribution is 2.01. The summed E-state index contributed by atoms with van der Waals surface area (Å²) in [4.78, 5) is 33.8. The van der Waals surface area contributed by atoms with Crippen molar-refractivity contribution >= 4 is 17.8 Å². The molecule has 2 atom stereocenters. The molecule has 108 valence electrons. The van der Waals surface area contributed by atoms with Crippen molar-refractivity contribution in [3.8, 4) is 0 Å². The maximum Gasteiger partial charge on any atom is 0.344 e. The second-order valence-electron chi connectivity index (χ2n) is 4.37. The molecule has 6 nitrogen and oxygen atoms in total. The zero-order valence-corrected chi connectivity index (χ0v) is 11.3. The molecule has 0 radical (unpaired) electrons. The highest BCUT2D eigenvalue weighted by atomic mass is 16.6. The number of nitrogens with one attached hydrogen (secondary N) is 1. The van der Waals surface area contributed by atoms with Crippen LogP contribution in [0.1, 0.15) is 19.4 Å². The Morgan fingerprint density at radius 2 is 1.80 bits per heavy atom. The Kier molecular flexibility index (Phi) is 5.71. The van der Waals surface area contributed by atoms with Crippen LogP contribution in [0.5, 0.6) is 0 Å². The summed E-state index contributed by atoms with van der Waals surface area (Å²) in [6.07, 6.45) is -1.09. The minimum atomic E-state index is -1.24. The number of carbonyl (C=O) groups is 3. The van der Waals surface area contributed by atoms with Gasteiger partial charge in [-0.2, -0.15) is 0 Å². The summed E-state index contributed by atoms with van der Waals surface area (Å²) in [7, 11) is 0. The maximum absolute atomic E-state index is 11.7. The molecule has 6 heteroatoms. The van der Waals surface area contributed by atoms with Crippen LogP contribution in [0.3, 0.4) is 0 Å². The first-order valence-electron chi connectivity index (χ1n) is 6.16. The van der Waals surface area contributed by atoms with Crippen LogP contribution in [0.15, 0.2) is 30.3 Å². The largest absolute Gasteiger partial charge is 0.479 e. The van der Waals surface area contributed by atoms with Crippen LogP contribution in [0.4, 0.5) is 0 Å². The number of hydrogen-bond donors (Lipinski definition) is 2. The van der Waals surface area contributed by atoms with Crippen LogP contribution < -0.4 is 5.32 Å². The van der Waals surface area contributed by atoms with Crippen LogP contribution in [0.25, 0.3) is 0 Å². The molecular formula is C14H17NO5. The van der Waals surface area contributed by atoms with Crippen molar-refractivity contribution in [2.45, 2.75) is 32.4 Å². The quantitative estimate of drug-likeness (QED) is 0.750. The number of aliphatic carboxylic acids is 1. The third-order valence-corrected chi connectivity index (χ3v) is 2.58. The molecule has 1 amide bonds. The smallest absolute Gasteiger partial charge is 0.344 e. The molecule has 0 heterocycles. The summed E-state index contributed by atoms with van der Waals surface area (Å²) in [5, 5.41) is 11.1. The van der Waals surface area contributed by atoms with Crippen LogP contribution >= 0.6 is 0 Å². The van der Waals surface area contributed by atoms with E-state index in [1.54, 1.807) is 12.1 Å². The fourth-order valence-corrected chi connectivity index (χ4v) is 1.46. The molecule has 0 spiro atoms. The summed E-state index contributed by atoms with van der Waals surface area (Å²) in [5.41, 5.74) is 0.824. The second kappa shape index (κ2) is 7.28. The van der Waals surface area contributed by atoms with Gasteiger partial charge in [-0.15, -0.1) is 0 Å². The first-order valence-corrected chi connectivity index (χ1v) is 6.16. The van der Waals surface area contributed by atoms with E-state index in [-0.39, 0.29) is 12.3 Å². The van der Waals surface area contributed by atoms with Gasteiger partial charge in [-0.25, -0.2) is 9.59 Å². The first kappa shape index (κ1) is 15.7. The van der Waals surface area contributed by atoms with Gasteiger partial charge in [-0.1, -0.05) is 30.3 Å². The molecule has 0 unspecified atom stereocenters. The van der Waals surface area contributed by atoms with E-state index in [0.29, 0.717) is 0 Å². The minimum absolute atomic E-state index is 0.146. The fraction of sp³-hybridized carbons (Fsp3) is 0.357. The van der Waals surface area contributed by atoms with Crippen molar-refractivity contribution < 1.29 is 24.2 Å². The van der Waals surface area contributed by atoms with Gasteiger partial charge in [0.15, 0.2) is 6.10 Å². The average molecular weight is 279 g/mol. The number of carboxylic acids is 1. The van der Waals surface area contributed by atoms with Gasteiger partial charge in [0.05, 0.1) is 6.42 Å². The molecule has 1 aromatic carbocycles. The fourth-order valence-electron chi connectivity index (χ4n) is 1.46. The van der Waals surface area contributed by atoms with Gasteiger partial charge in [0.2, 0.25) is 5.91 Å². The molecule has 0 aliphatic rings. The lowest BCUT2D eigenvalue weighted by atomic mass is 10.1. The summed E-state index contributed by atoms with van der Waals surface area (Å²) in [6, 6.07) is 8.18. The van der Waals surface area contributed by atoms with E-state index >= 15 is 0 Å². The molecular weight excluding hydrogens is 262 g/mol. The molecule has 1 aromatic rings. The van der Waals surface area contributed by atoms with E-state index in [2.05, 4.69) is 10.1 Å². The standard InChI is InChI=1S/C14H17NO5/c1-9(14(19)20-10(2)13(17)18)15-12(16)8-11-6-4-3-5-7-11/h3-7,9-10H,8H2,1-2H3,(H,15,16)(H,17,18)/t9-,10+/m0/s1. The van der Waals surface area contributed by atoms with Crippen molar-refractivity contribution in [2.75, 3.05) is 0 Å². The van der Waals surface area contributed by atoms with Gasteiger partial charge >= 0.3 is 11.9 Å². The molecule has 0 aromatic heterocycles. The molecule has 0 saturated carbocycles. The second-order valence-corrected chi connectivity index (χ2v) is 4.37. The Morgan fingerprint density at radius 1 is 1.20 bits per heavy atom. The Bertz CT molecular complexity index is 486. The summed E-state index contributed by atoms with van der Waals surface area (Å²) in [6.45, 7) is 2.69. The third kappa shape index (κ3) is 5.09. The van der Waals surface area contributed by atoms with Gasteiger partial charge in [-0.3, -0.25) is 4.79 Å². The molecule has 0 bridgehead atoms. The zero-order valence-electron chi connectivity index (χ0n) is 11.3. The summed E-state index contributed by atoms with van der Waals surface area (Å²) >= 11 is 0. The molecule has 20 heavy (non-hydrogen) atoms. The van der Waals surface area contributed by atoms with Crippen molar-refractivity contribution in [3.05, 3.63) is 35.9 Å². The maximum atomic E-state index is 11.7. The van der Waals surface area contributed by atoms with E-state index in [1.165, 1.54) is 13.8 Å². The molecule has 1 rings (SSSR count). The number of carbonyl (C=O) groups excluding carboxylic acids is 2. The minimum Gasteiger partial charge on any atom is -0.479 e. The van der Waals surface area contributed by atoms with Gasteiger partial charge in [0.25, 0.3) is 0 Å². The van der Waals surface area contributed by atoms with Gasteiger partial charge in [0, 0.05) is 0 Å². The molecule has 0 fully saturated rings. The predicted octanol–water partition coefficient (Wildman–Crippen LogP) is 0.750. The Hall–Kier alpha value is -2.37. The number of ether oxygens (including phenoxy) is 1. The van der Waals surface area contributed by atoms with Crippen molar-refractivity contribution in [1.82, 2.24) is 5.32 Å². The first-order chi connectivity index (χ1) is 9.40. The highest BCUT2D eigenvalue weighted by molar-refractivity contribution is 5.86. The van der Waals surface area contributed by atoms with E-state index in [4.69, 9.17) is 5.11 Å². The van der Waals surface area contributed by atoms with Crippen LogP contribution in [-0.2, 0) is 25.5 Å². The van der Waals surface area contributed by atoms with Gasteiger partial charge in [0.1, 0.15) is 6.04 Å². The lowest BCUT2D eigenvalue weighted by molar-refractivity contribution is -0.164. The lowest BCUT2D eigenvalue weighted by Gasteiger charge is -2.15. The topological polar surface area (TPSA) is 92.7 Å². The summed E-state index contributed by atoms with van der Waals surface area (Å²) < 4.78 is 4.67. The number of benzene rings is 1. The Labute approximate surface area is 116 Å². The molecule has 2 N–H and O–H groups in total. The summed E-state index contributed by atoms with van der Waals surface area (Å²) in [5.74, 6) is -2.34. The Morgan fingerprint density at radius 3 is 2.35 bits per heavy atom. The Balaban J connectivity index is 2.45. The van der Waals surface area contributed by atoms with E-state index in [9.17, 15) is 14.4 Å². The molecule has 0 aliphatic carbocycles. The number of amides is 1.